The number of benzene rings is 4. The van der Waals surface area contributed by atoms with E-state index in [4.69, 9.17) is 11.6 Å². The van der Waals surface area contributed by atoms with E-state index in [1.165, 1.54) is 26.8 Å². The Morgan fingerprint density at radius 2 is 1.54 bits per heavy atom. The van der Waals surface area contributed by atoms with Crippen LogP contribution in [0.4, 0.5) is 5.69 Å². The maximum absolute atomic E-state index is 13.8. The summed E-state index contributed by atoms with van der Waals surface area (Å²) in [6.07, 6.45) is 4.99. The first kappa shape index (κ1) is 25.3. The molecule has 1 atom stereocenters. The molecule has 0 heterocycles. The molecule has 0 aliphatic heterocycles. The summed E-state index contributed by atoms with van der Waals surface area (Å²) >= 11 is 6.16. The van der Waals surface area contributed by atoms with Gasteiger partial charge in [-0.25, -0.2) is 0 Å². The zero-order valence-electron chi connectivity index (χ0n) is 22.0. The minimum absolute atomic E-state index is 0.0430. The van der Waals surface area contributed by atoms with Crippen LogP contribution in [0.5, 0.6) is 0 Å². The highest BCUT2D eigenvalue weighted by molar-refractivity contribution is 6.34. The molecule has 194 valence electrons. The fourth-order valence-corrected chi connectivity index (χ4v) is 6.09. The van der Waals surface area contributed by atoms with Gasteiger partial charge < -0.3 is 5.32 Å². The number of nitrogens with zero attached hydrogens (tertiary/aromatic N) is 1. The number of carbonyl (C=O) groups excluding carboxylic acids is 2. The van der Waals surface area contributed by atoms with Crippen molar-refractivity contribution < 1.29 is 9.59 Å². The summed E-state index contributed by atoms with van der Waals surface area (Å²) < 4.78 is 0. The van der Waals surface area contributed by atoms with Gasteiger partial charge >= 0.3 is 0 Å². The van der Waals surface area contributed by atoms with Crippen molar-refractivity contribution in [3.05, 3.63) is 133 Å². The summed E-state index contributed by atoms with van der Waals surface area (Å²) in [4.78, 5) is 28.7. The smallest absolute Gasteiger partial charge is 0.257 e. The fourth-order valence-electron chi connectivity index (χ4n) is 5.87. The summed E-state index contributed by atoms with van der Waals surface area (Å²) in [6, 6.07) is 27.1. The standard InChI is InChI=1S/C34H29ClN2O2/c1-37(2)31-20-22-8-3-4-9-24(22)27-19-18-25-26(32(27)31)11-7-12-28(25)33(38)21-14-16-23(17-15-21)36-34(39)29-10-5-6-13-30(29)35/h3-6,8-10,13-20,31H,7,11-12H2,1-2H3,(H,36,39). The highest BCUT2D eigenvalue weighted by Crippen LogP contribution is 2.30. The van der Waals surface area contributed by atoms with E-state index in [-0.39, 0.29) is 17.7 Å². The van der Waals surface area contributed by atoms with Crippen molar-refractivity contribution in [1.82, 2.24) is 4.90 Å². The Bertz CT molecular complexity index is 1840. The van der Waals surface area contributed by atoms with Gasteiger partial charge in [-0.1, -0.05) is 66.2 Å². The van der Waals surface area contributed by atoms with Crippen LogP contribution in [0.25, 0.3) is 11.6 Å². The van der Waals surface area contributed by atoms with Gasteiger partial charge in [-0.2, -0.15) is 0 Å². The van der Waals surface area contributed by atoms with Crippen molar-refractivity contribution >= 4 is 40.6 Å². The number of carbonyl (C=O) groups is 2. The minimum atomic E-state index is -0.283. The zero-order valence-corrected chi connectivity index (χ0v) is 22.8. The van der Waals surface area contributed by atoms with Crippen LogP contribution in [-0.2, 0) is 6.42 Å². The molecule has 0 saturated heterocycles. The van der Waals surface area contributed by atoms with Crippen molar-refractivity contribution in [1.29, 1.82) is 0 Å². The van der Waals surface area contributed by atoms with Crippen LogP contribution in [-0.4, -0.2) is 30.7 Å². The molecule has 5 heteroatoms. The Morgan fingerprint density at radius 3 is 2.31 bits per heavy atom. The number of nitrogens with one attached hydrogen (secondary N) is 1. The van der Waals surface area contributed by atoms with E-state index in [9.17, 15) is 9.59 Å². The topological polar surface area (TPSA) is 49.4 Å². The molecule has 6 rings (SSSR count). The summed E-state index contributed by atoms with van der Waals surface area (Å²) in [6.45, 7) is 0. The van der Waals surface area contributed by atoms with Crippen LogP contribution in [0.1, 0.15) is 50.7 Å². The normalized spacial score (nSPS) is 15.6. The van der Waals surface area contributed by atoms with Crippen molar-refractivity contribution in [2.75, 3.05) is 19.4 Å². The number of fused-ring (bicyclic) bond motifs is 4. The van der Waals surface area contributed by atoms with Crippen molar-refractivity contribution in [3.63, 3.8) is 0 Å². The SMILES string of the molecule is CN(C)C1C=c2ccccc2=c2ccc3c(c21)CCCC=3C(=O)c1ccc(NC(=O)c2ccccc2Cl)cc1. The van der Waals surface area contributed by atoms with Gasteiger partial charge in [-0.15, -0.1) is 0 Å². The monoisotopic (exact) mass is 532 g/mol. The molecule has 0 spiro atoms. The number of ketones is 1. The lowest BCUT2D eigenvalue weighted by Gasteiger charge is -2.29. The highest BCUT2D eigenvalue weighted by atomic mass is 35.5. The maximum atomic E-state index is 13.8. The summed E-state index contributed by atoms with van der Waals surface area (Å²) in [5.41, 5.74) is 5.11. The van der Waals surface area contributed by atoms with Crippen LogP contribution in [0, 0.1) is 10.4 Å². The van der Waals surface area contributed by atoms with E-state index >= 15 is 0 Å². The van der Waals surface area contributed by atoms with Gasteiger partial charge in [-0.05, 0) is 102 Å². The average molecular weight is 533 g/mol. The summed E-state index contributed by atoms with van der Waals surface area (Å²) in [7, 11) is 4.23. The summed E-state index contributed by atoms with van der Waals surface area (Å²) in [5.74, 6) is -0.240. The maximum Gasteiger partial charge on any atom is 0.257 e. The van der Waals surface area contributed by atoms with Crippen LogP contribution in [0.15, 0.2) is 84.9 Å². The Labute approximate surface area is 232 Å². The van der Waals surface area contributed by atoms with Crippen molar-refractivity contribution in [2.45, 2.75) is 25.3 Å². The second-order valence-corrected chi connectivity index (χ2v) is 10.8. The molecule has 1 unspecified atom stereocenters. The minimum Gasteiger partial charge on any atom is -0.322 e. The predicted molar refractivity (Wildman–Crippen MR) is 157 cm³/mol. The Kier molecular flexibility index (Phi) is 6.68. The van der Waals surface area contributed by atoms with Crippen LogP contribution in [0.2, 0.25) is 5.02 Å². The van der Waals surface area contributed by atoms with Gasteiger partial charge in [0, 0.05) is 16.8 Å². The second-order valence-electron chi connectivity index (χ2n) is 10.4. The molecule has 2 aliphatic rings. The van der Waals surface area contributed by atoms with Crippen LogP contribution >= 0.6 is 11.6 Å². The van der Waals surface area contributed by atoms with E-state index in [0.29, 0.717) is 21.8 Å². The number of Topliss-reactive ketones (excluding diaryl/α,β-unsaturated/α-hetero) is 1. The predicted octanol–water partition coefficient (Wildman–Crippen LogP) is 5.65. The lowest BCUT2D eigenvalue weighted by molar-refractivity contribution is 0.102. The molecule has 0 radical (unpaired) electrons. The third-order valence-electron chi connectivity index (χ3n) is 7.77. The van der Waals surface area contributed by atoms with Gasteiger partial charge in [-0.3, -0.25) is 14.5 Å². The molecule has 4 aromatic rings. The molecule has 4 nitrogen and oxygen atoms in total. The van der Waals surface area contributed by atoms with Crippen molar-refractivity contribution in [3.8, 4) is 0 Å². The molecule has 0 fully saturated rings. The Morgan fingerprint density at radius 1 is 0.821 bits per heavy atom. The van der Waals surface area contributed by atoms with Gasteiger partial charge in [0.05, 0.1) is 16.6 Å². The first-order valence-corrected chi connectivity index (χ1v) is 13.6. The molecular formula is C34H29ClN2O2. The number of amides is 1. The second kappa shape index (κ2) is 10.3. The molecule has 0 aromatic heterocycles. The first-order chi connectivity index (χ1) is 18.9. The van der Waals surface area contributed by atoms with Gasteiger partial charge in [0.25, 0.3) is 5.91 Å². The third kappa shape index (κ3) is 4.60. The molecule has 0 bridgehead atoms. The number of hydrogen-bond acceptors (Lipinski definition) is 3. The molecule has 1 amide bonds. The lowest BCUT2D eigenvalue weighted by Crippen LogP contribution is -2.31. The fraction of sp³-hybridized carbons (Fsp3) is 0.176. The van der Waals surface area contributed by atoms with E-state index in [2.05, 4.69) is 66.8 Å². The van der Waals surface area contributed by atoms with E-state index < -0.39 is 0 Å². The molecule has 1 N–H and O–H groups in total. The third-order valence-corrected chi connectivity index (χ3v) is 8.10. The van der Waals surface area contributed by atoms with Gasteiger partial charge in [0.2, 0.25) is 0 Å². The van der Waals surface area contributed by atoms with Gasteiger partial charge in [0.15, 0.2) is 5.78 Å². The molecule has 39 heavy (non-hydrogen) atoms. The average Bonchev–Trinajstić information content (AvgIpc) is 2.96. The molecule has 0 saturated carbocycles. The number of anilines is 1. The van der Waals surface area contributed by atoms with E-state index in [1.807, 2.05) is 0 Å². The van der Waals surface area contributed by atoms with Crippen LogP contribution < -0.4 is 15.8 Å². The quantitative estimate of drug-likeness (QED) is 0.338. The highest BCUT2D eigenvalue weighted by Gasteiger charge is 2.25. The Balaban J connectivity index is 1.39. The Hall–Kier alpha value is -3.99. The van der Waals surface area contributed by atoms with E-state index in [0.717, 1.165) is 30.1 Å². The number of rotatable bonds is 5. The first-order valence-electron chi connectivity index (χ1n) is 13.3. The van der Waals surface area contributed by atoms with Crippen molar-refractivity contribution in [2.24, 2.45) is 0 Å². The molecule has 2 aliphatic carbocycles. The number of hydrogen-bond donors (Lipinski definition) is 1. The number of halogens is 1. The molecular weight excluding hydrogens is 504 g/mol. The van der Waals surface area contributed by atoms with E-state index in [1.54, 1.807) is 48.5 Å². The largest absolute Gasteiger partial charge is 0.322 e. The molecule has 4 aromatic carbocycles. The zero-order chi connectivity index (χ0) is 27.1. The van der Waals surface area contributed by atoms with Gasteiger partial charge in [0.1, 0.15) is 0 Å². The summed E-state index contributed by atoms with van der Waals surface area (Å²) in [5, 5.41) is 8.10. The lowest BCUT2D eigenvalue weighted by atomic mass is 9.82. The van der Waals surface area contributed by atoms with Crippen LogP contribution in [0.3, 0.4) is 0 Å².